The molecular weight excluding hydrogens is 441 g/mol. The van der Waals surface area contributed by atoms with Crippen molar-refractivity contribution >= 4 is 20.9 Å². The molecule has 1 aromatic heterocycles. The van der Waals surface area contributed by atoms with Gasteiger partial charge in [0.05, 0.1) is 17.1 Å². The van der Waals surface area contributed by atoms with Crippen LogP contribution in [0.25, 0.3) is 11.0 Å². The van der Waals surface area contributed by atoms with Crippen LogP contribution in [0.2, 0.25) is 0 Å². The molecule has 0 fully saturated rings. The lowest BCUT2D eigenvalue weighted by atomic mass is 9.98. The second-order valence-corrected chi connectivity index (χ2v) is 10.1. The van der Waals surface area contributed by atoms with Crippen molar-refractivity contribution < 1.29 is 26.3 Å². The third-order valence-corrected chi connectivity index (χ3v) is 6.98. The van der Waals surface area contributed by atoms with Crippen LogP contribution in [0.3, 0.4) is 0 Å². The van der Waals surface area contributed by atoms with Crippen LogP contribution in [0.4, 0.5) is 13.2 Å². The molecule has 32 heavy (non-hydrogen) atoms. The van der Waals surface area contributed by atoms with E-state index in [4.69, 9.17) is 4.74 Å². The van der Waals surface area contributed by atoms with E-state index in [1.807, 2.05) is 29.7 Å². The van der Waals surface area contributed by atoms with Gasteiger partial charge in [-0.15, -0.1) is 0 Å². The summed E-state index contributed by atoms with van der Waals surface area (Å²) in [5, 5.41) is 0. The van der Waals surface area contributed by atoms with Crippen LogP contribution in [0.1, 0.15) is 43.6 Å². The molecule has 4 rings (SSSR count). The first-order valence-corrected chi connectivity index (χ1v) is 12.1. The molecular formula is C23H23F3N2O3S. The minimum Gasteiger partial charge on any atom is -0.458 e. The zero-order chi connectivity index (χ0) is 23.3. The van der Waals surface area contributed by atoms with Gasteiger partial charge in [0.1, 0.15) is 22.9 Å². The number of benzene rings is 1. The van der Waals surface area contributed by atoms with Crippen molar-refractivity contribution in [2.45, 2.75) is 45.3 Å². The predicted octanol–water partition coefficient (Wildman–Crippen LogP) is 5.76. The van der Waals surface area contributed by atoms with Crippen molar-refractivity contribution in [2.24, 2.45) is 0 Å². The molecule has 9 heteroatoms. The molecule has 0 saturated carbocycles. The van der Waals surface area contributed by atoms with Gasteiger partial charge in [-0.2, -0.15) is 13.2 Å². The zero-order valence-electron chi connectivity index (χ0n) is 17.9. The number of aromatic nitrogens is 2. The van der Waals surface area contributed by atoms with Crippen molar-refractivity contribution in [3.8, 4) is 0 Å². The molecule has 2 aromatic rings. The molecule has 2 aliphatic rings. The van der Waals surface area contributed by atoms with Crippen molar-refractivity contribution in [3.63, 3.8) is 0 Å². The van der Waals surface area contributed by atoms with Crippen molar-refractivity contribution in [2.75, 3.05) is 6.26 Å². The molecule has 0 saturated heterocycles. The molecule has 1 atom stereocenters. The van der Waals surface area contributed by atoms with E-state index in [-0.39, 0.29) is 11.6 Å². The number of hydrogen-bond acceptors (Lipinski definition) is 4. The van der Waals surface area contributed by atoms with E-state index in [2.05, 4.69) is 4.98 Å². The Balaban J connectivity index is 1.62. The largest absolute Gasteiger partial charge is 0.458 e. The second-order valence-electron chi connectivity index (χ2n) is 8.08. The Hall–Kier alpha value is -2.81. The Labute approximate surface area is 184 Å². The van der Waals surface area contributed by atoms with E-state index in [1.165, 1.54) is 12.3 Å². The summed E-state index contributed by atoms with van der Waals surface area (Å²) in [5.74, 6) is 1.56. The monoisotopic (exact) mass is 464 g/mol. The molecule has 0 N–H and O–H groups in total. The first-order valence-electron chi connectivity index (χ1n) is 10.2. The fourth-order valence-corrected chi connectivity index (χ4v) is 4.99. The molecule has 0 bridgehead atoms. The smallest absolute Gasteiger partial charge is 0.418 e. The number of allylic oxidation sites excluding steroid dienone is 6. The summed E-state index contributed by atoms with van der Waals surface area (Å²) in [6, 6.07) is 3.90. The van der Waals surface area contributed by atoms with Crippen molar-refractivity contribution in [1.82, 2.24) is 9.55 Å². The van der Waals surface area contributed by atoms with Gasteiger partial charge in [-0.05, 0) is 75.1 Å². The summed E-state index contributed by atoms with van der Waals surface area (Å²) >= 11 is 0. The molecule has 0 radical (unpaired) electrons. The quantitative estimate of drug-likeness (QED) is 0.577. The van der Waals surface area contributed by atoms with Crippen LogP contribution in [-0.4, -0.2) is 24.2 Å². The highest BCUT2D eigenvalue weighted by Crippen LogP contribution is 2.38. The second kappa shape index (κ2) is 7.95. The Morgan fingerprint density at radius 3 is 2.50 bits per heavy atom. The van der Waals surface area contributed by atoms with E-state index in [9.17, 15) is 21.6 Å². The van der Waals surface area contributed by atoms with Crippen molar-refractivity contribution in [1.29, 1.82) is 0 Å². The van der Waals surface area contributed by atoms with Gasteiger partial charge in [-0.1, -0.05) is 6.07 Å². The number of para-hydroxylation sites is 1. The van der Waals surface area contributed by atoms with Crippen molar-refractivity contribution in [3.05, 3.63) is 75.9 Å². The van der Waals surface area contributed by atoms with Gasteiger partial charge in [0.15, 0.2) is 9.84 Å². The van der Waals surface area contributed by atoms with Gasteiger partial charge in [-0.3, -0.25) is 0 Å². The normalized spacial score (nSPS) is 19.9. The minimum atomic E-state index is -4.48. The summed E-state index contributed by atoms with van der Waals surface area (Å²) in [6.45, 7) is 3.60. The minimum absolute atomic E-state index is 0.0536. The van der Waals surface area contributed by atoms with Crippen LogP contribution in [0, 0.1) is 6.92 Å². The Bertz CT molecular complexity index is 1310. The number of ether oxygens (including phenoxy) is 1. The average molecular weight is 465 g/mol. The fourth-order valence-electron chi connectivity index (χ4n) is 4.17. The molecule has 170 valence electrons. The van der Waals surface area contributed by atoms with Gasteiger partial charge >= 0.3 is 6.18 Å². The van der Waals surface area contributed by atoms with Gasteiger partial charge in [0.25, 0.3) is 0 Å². The SMILES string of the molecule is CC1=CC(OC2=CCCC(S(C)(=O)=O)=C2)=CCC1n1c(C)nc2c(C(F)(F)F)cccc21. The molecule has 2 aliphatic carbocycles. The number of rotatable bonds is 4. The number of imidazole rings is 1. The predicted molar refractivity (Wildman–Crippen MR) is 116 cm³/mol. The number of hydrogen-bond donors (Lipinski definition) is 0. The lowest BCUT2D eigenvalue weighted by molar-refractivity contribution is -0.136. The summed E-state index contributed by atoms with van der Waals surface area (Å²) in [6.07, 6.45) is 5.32. The van der Waals surface area contributed by atoms with Crippen LogP contribution < -0.4 is 0 Å². The Kier molecular flexibility index (Phi) is 5.56. The Morgan fingerprint density at radius 1 is 1.12 bits per heavy atom. The van der Waals surface area contributed by atoms with E-state index in [0.29, 0.717) is 47.0 Å². The highest BCUT2D eigenvalue weighted by molar-refractivity contribution is 7.94. The first kappa shape index (κ1) is 22.4. The van der Waals surface area contributed by atoms with Gasteiger partial charge < -0.3 is 9.30 Å². The number of nitrogens with zero attached hydrogens (tertiary/aromatic N) is 2. The third-order valence-electron chi connectivity index (χ3n) is 5.70. The number of alkyl halides is 3. The maximum Gasteiger partial charge on any atom is 0.418 e. The lowest BCUT2D eigenvalue weighted by Crippen LogP contribution is -2.15. The van der Waals surface area contributed by atoms with E-state index in [1.54, 1.807) is 19.1 Å². The molecule has 1 heterocycles. The summed E-state index contributed by atoms with van der Waals surface area (Å²) in [5.41, 5.74) is 0.545. The average Bonchev–Trinajstić information content (AvgIpc) is 3.02. The standard InChI is InChI=1S/C23H23F3N2O3S/c1-14-12-17(31-16-6-4-7-18(13-16)32(3,29)30)10-11-20(14)28-15(2)27-22-19(23(24,25)26)8-5-9-21(22)28/h5-6,8-10,12-13,20H,4,7,11H2,1-3H3. The van der Waals surface area contributed by atoms with E-state index >= 15 is 0 Å². The van der Waals surface area contributed by atoms with Crippen LogP contribution in [0.5, 0.6) is 0 Å². The van der Waals surface area contributed by atoms with Gasteiger partial charge in [0.2, 0.25) is 0 Å². The first-order chi connectivity index (χ1) is 14.9. The number of aryl methyl sites for hydroxylation is 1. The summed E-state index contributed by atoms with van der Waals surface area (Å²) in [7, 11) is -3.27. The molecule has 0 aliphatic heterocycles. The number of fused-ring (bicyclic) bond motifs is 1. The highest BCUT2D eigenvalue weighted by atomic mass is 32.2. The molecule has 5 nitrogen and oxygen atoms in total. The van der Waals surface area contributed by atoms with Gasteiger partial charge in [-0.25, -0.2) is 13.4 Å². The summed E-state index contributed by atoms with van der Waals surface area (Å²) < 4.78 is 71.6. The topological polar surface area (TPSA) is 61.2 Å². The third kappa shape index (κ3) is 4.26. The zero-order valence-corrected chi connectivity index (χ0v) is 18.7. The molecule has 1 unspecified atom stereocenters. The van der Waals surface area contributed by atoms with Crippen LogP contribution >= 0.6 is 0 Å². The van der Waals surface area contributed by atoms with E-state index in [0.717, 1.165) is 11.6 Å². The molecule has 0 amide bonds. The maximum atomic E-state index is 13.4. The lowest BCUT2D eigenvalue weighted by Gasteiger charge is -2.25. The molecule has 0 spiro atoms. The molecule has 1 aromatic carbocycles. The maximum absolute atomic E-state index is 13.4. The van der Waals surface area contributed by atoms with Crippen LogP contribution in [-0.2, 0) is 20.8 Å². The summed E-state index contributed by atoms with van der Waals surface area (Å²) in [4.78, 5) is 4.56. The van der Waals surface area contributed by atoms with E-state index < -0.39 is 21.6 Å². The fraction of sp³-hybridized carbons (Fsp3) is 0.348. The number of sulfone groups is 1. The van der Waals surface area contributed by atoms with Gasteiger partial charge in [0, 0.05) is 11.2 Å². The Morgan fingerprint density at radius 2 is 1.84 bits per heavy atom. The number of halogens is 3. The van der Waals surface area contributed by atoms with Crippen LogP contribution in [0.15, 0.2) is 64.5 Å². The highest BCUT2D eigenvalue weighted by Gasteiger charge is 2.35.